The molecule has 2 rings (SSSR count). The van der Waals surface area contributed by atoms with Crippen molar-refractivity contribution in [2.45, 2.75) is 0 Å². The molecule has 0 aliphatic carbocycles. The first-order valence-electron chi connectivity index (χ1n) is 7.03. The maximum Gasteiger partial charge on any atom is 0.238 e. The molecule has 0 spiro atoms. The summed E-state index contributed by atoms with van der Waals surface area (Å²) in [5.74, 6) is 0.0622. The molecule has 1 aliphatic heterocycles. The molecule has 1 heterocycles. The van der Waals surface area contributed by atoms with Crippen molar-refractivity contribution in [2.24, 2.45) is 0 Å². The van der Waals surface area contributed by atoms with Gasteiger partial charge in [0.2, 0.25) is 5.91 Å². The van der Waals surface area contributed by atoms with Crippen molar-refractivity contribution in [1.82, 2.24) is 9.80 Å². The number of carbonyl (C=O) groups excluding carboxylic acids is 1. The number of benzene rings is 1. The van der Waals surface area contributed by atoms with E-state index in [9.17, 15) is 4.79 Å². The largest absolute Gasteiger partial charge is 0.378 e. The Hall–Kier alpha value is -1.59. The molecule has 1 amide bonds. The van der Waals surface area contributed by atoms with Crippen molar-refractivity contribution in [3.63, 3.8) is 0 Å². The summed E-state index contributed by atoms with van der Waals surface area (Å²) in [4.78, 5) is 18.5. The second kappa shape index (κ2) is 6.72. The van der Waals surface area contributed by atoms with Crippen LogP contribution in [-0.4, -0.2) is 69.6 Å². The van der Waals surface area contributed by atoms with Gasteiger partial charge in [0.1, 0.15) is 0 Å². The maximum absolute atomic E-state index is 12.0. The number of hydrogen-bond donors (Lipinski definition) is 1. The van der Waals surface area contributed by atoms with Gasteiger partial charge < -0.3 is 15.1 Å². The second-order valence-corrected chi connectivity index (χ2v) is 5.57. The van der Waals surface area contributed by atoms with Crippen LogP contribution < -0.4 is 10.2 Å². The molecule has 1 aromatic rings. The fourth-order valence-electron chi connectivity index (χ4n) is 2.25. The minimum Gasteiger partial charge on any atom is -0.378 e. The van der Waals surface area contributed by atoms with E-state index >= 15 is 0 Å². The highest BCUT2D eigenvalue weighted by Crippen LogP contribution is 2.15. The number of likely N-dealkylation sites (N-methyl/N-ethyl adjacent to an activating group) is 1. The quantitative estimate of drug-likeness (QED) is 0.888. The Labute approximate surface area is 121 Å². The van der Waals surface area contributed by atoms with E-state index in [1.54, 1.807) is 0 Å². The second-order valence-electron chi connectivity index (χ2n) is 5.57. The number of carbonyl (C=O) groups is 1. The highest BCUT2D eigenvalue weighted by Gasteiger charge is 2.16. The SMILES string of the molecule is CN1CCN(CC(=O)Nc2ccc(N(C)C)cc2)CC1. The van der Waals surface area contributed by atoms with Gasteiger partial charge in [-0.05, 0) is 31.3 Å². The zero-order valence-corrected chi connectivity index (χ0v) is 12.6. The van der Waals surface area contributed by atoms with Crippen LogP contribution >= 0.6 is 0 Å². The standard InChI is InChI=1S/C15H24N4O/c1-17(2)14-6-4-13(5-7-14)16-15(20)12-19-10-8-18(3)9-11-19/h4-7H,8-12H2,1-3H3,(H,16,20). The third-order valence-electron chi connectivity index (χ3n) is 3.63. The molecular formula is C15H24N4O. The lowest BCUT2D eigenvalue weighted by Gasteiger charge is -2.31. The Kier molecular flexibility index (Phi) is 4.98. The highest BCUT2D eigenvalue weighted by atomic mass is 16.2. The van der Waals surface area contributed by atoms with Crippen molar-refractivity contribution in [1.29, 1.82) is 0 Å². The lowest BCUT2D eigenvalue weighted by Crippen LogP contribution is -2.47. The first-order valence-corrected chi connectivity index (χ1v) is 7.03. The van der Waals surface area contributed by atoms with Gasteiger partial charge in [-0.25, -0.2) is 0 Å². The van der Waals surface area contributed by atoms with Gasteiger partial charge in [0.05, 0.1) is 6.54 Å². The third-order valence-corrected chi connectivity index (χ3v) is 3.63. The molecule has 5 nitrogen and oxygen atoms in total. The summed E-state index contributed by atoms with van der Waals surface area (Å²) in [6.45, 7) is 4.46. The first-order chi connectivity index (χ1) is 9.54. The normalized spacial score (nSPS) is 16.9. The number of anilines is 2. The van der Waals surface area contributed by atoms with Crippen molar-refractivity contribution >= 4 is 17.3 Å². The molecule has 0 atom stereocenters. The van der Waals surface area contributed by atoms with Crippen LogP contribution in [0.15, 0.2) is 24.3 Å². The van der Waals surface area contributed by atoms with Crippen LogP contribution in [-0.2, 0) is 4.79 Å². The number of rotatable bonds is 4. The van der Waals surface area contributed by atoms with Gasteiger partial charge in [-0.1, -0.05) is 0 Å². The molecule has 20 heavy (non-hydrogen) atoms. The van der Waals surface area contributed by atoms with E-state index < -0.39 is 0 Å². The smallest absolute Gasteiger partial charge is 0.238 e. The lowest BCUT2D eigenvalue weighted by molar-refractivity contribution is -0.117. The highest BCUT2D eigenvalue weighted by molar-refractivity contribution is 5.92. The summed E-state index contributed by atoms with van der Waals surface area (Å²) in [5, 5.41) is 2.95. The fraction of sp³-hybridized carbons (Fsp3) is 0.533. The third kappa shape index (κ3) is 4.21. The van der Waals surface area contributed by atoms with Crippen molar-refractivity contribution in [2.75, 3.05) is 64.1 Å². The van der Waals surface area contributed by atoms with Crippen LogP contribution in [0.3, 0.4) is 0 Å². The molecule has 0 aromatic heterocycles. The molecule has 1 saturated heterocycles. The van der Waals surface area contributed by atoms with E-state index in [0.717, 1.165) is 37.6 Å². The average Bonchev–Trinajstić information content (AvgIpc) is 2.42. The summed E-state index contributed by atoms with van der Waals surface area (Å²) in [5.41, 5.74) is 1.98. The van der Waals surface area contributed by atoms with E-state index in [0.29, 0.717) is 6.54 Å². The first kappa shape index (κ1) is 14.8. The predicted molar refractivity (Wildman–Crippen MR) is 83.3 cm³/mol. The van der Waals surface area contributed by atoms with Gasteiger partial charge in [0.25, 0.3) is 0 Å². The molecule has 5 heteroatoms. The monoisotopic (exact) mass is 276 g/mol. The maximum atomic E-state index is 12.0. The van der Waals surface area contributed by atoms with Gasteiger partial charge in [0, 0.05) is 51.6 Å². The molecule has 0 unspecified atom stereocenters. The van der Waals surface area contributed by atoms with Gasteiger partial charge in [-0.15, -0.1) is 0 Å². The van der Waals surface area contributed by atoms with Crippen molar-refractivity contribution < 1.29 is 4.79 Å². The zero-order chi connectivity index (χ0) is 14.5. The summed E-state index contributed by atoms with van der Waals surface area (Å²) in [6.07, 6.45) is 0. The summed E-state index contributed by atoms with van der Waals surface area (Å²) >= 11 is 0. The summed E-state index contributed by atoms with van der Waals surface area (Å²) < 4.78 is 0. The van der Waals surface area contributed by atoms with E-state index in [2.05, 4.69) is 22.2 Å². The summed E-state index contributed by atoms with van der Waals surface area (Å²) in [6, 6.07) is 7.89. The van der Waals surface area contributed by atoms with Crippen LogP contribution in [0.5, 0.6) is 0 Å². The van der Waals surface area contributed by atoms with Crippen LogP contribution in [0.4, 0.5) is 11.4 Å². The topological polar surface area (TPSA) is 38.8 Å². The molecule has 0 bridgehead atoms. The molecular weight excluding hydrogens is 252 g/mol. The van der Waals surface area contributed by atoms with Crippen LogP contribution in [0.1, 0.15) is 0 Å². The molecule has 110 valence electrons. The van der Waals surface area contributed by atoms with Gasteiger partial charge >= 0.3 is 0 Å². The predicted octanol–water partition coefficient (Wildman–Crippen LogP) is 0.938. The Balaban J connectivity index is 1.82. The molecule has 0 saturated carbocycles. The molecule has 1 aromatic carbocycles. The minimum atomic E-state index is 0.0622. The van der Waals surface area contributed by atoms with Crippen LogP contribution in [0.25, 0.3) is 0 Å². The van der Waals surface area contributed by atoms with Crippen molar-refractivity contribution in [3.05, 3.63) is 24.3 Å². The Morgan fingerprint density at radius 1 is 1.15 bits per heavy atom. The zero-order valence-electron chi connectivity index (χ0n) is 12.6. The van der Waals surface area contributed by atoms with Crippen molar-refractivity contribution in [3.8, 4) is 0 Å². The fourth-order valence-corrected chi connectivity index (χ4v) is 2.25. The number of piperazine rings is 1. The molecule has 0 radical (unpaired) electrons. The summed E-state index contributed by atoms with van der Waals surface area (Å²) in [7, 11) is 6.12. The minimum absolute atomic E-state index is 0.0622. The van der Waals surface area contributed by atoms with Crippen LogP contribution in [0.2, 0.25) is 0 Å². The van der Waals surface area contributed by atoms with E-state index in [4.69, 9.17) is 0 Å². The Morgan fingerprint density at radius 3 is 2.30 bits per heavy atom. The van der Waals surface area contributed by atoms with Crippen LogP contribution in [0, 0.1) is 0 Å². The molecule has 1 aliphatic rings. The van der Waals surface area contributed by atoms with E-state index in [1.807, 2.05) is 43.3 Å². The molecule has 1 fully saturated rings. The van der Waals surface area contributed by atoms with E-state index in [-0.39, 0.29) is 5.91 Å². The average molecular weight is 276 g/mol. The van der Waals surface area contributed by atoms with E-state index in [1.165, 1.54) is 0 Å². The Bertz CT molecular complexity index is 436. The Morgan fingerprint density at radius 2 is 1.75 bits per heavy atom. The van der Waals surface area contributed by atoms with Gasteiger partial charge in [0.15, 0.2) is 0 Å². The number of nitrogens with zero attached hydrogens (tertiary/aromatic N) is 3. The lowest BCUT2D eigenvalue weighted by atomic mass is 10.2. The van der Waals surface area contributed by atoms with Gasteiger partial charge in [-0.2, -0.15) is 0 Å². The molecule has 1 N–H and O–H groups in total. The number of nitrogens with one attached hydrogen (secondary N) is 1. The van der Waals surface area contributed by atoms with Gasteiger partial charge in [-0.3, -0.25) is 9.69 Å². The number of hydrogen-bond acceptors (Lipinski definition) is 4. The number of amides is 1.